The third-order valence-corrected chi connectivity index (χ3v) is 11.6. The molecular formula is C37H34F2N6O5S2. The maximum Gasteiger partial charge on any atom is 0.240 e. The van der Waals surface area contributed by atoms with E-state index in [1.165, 1.54) is 24.3 Å². The fourth-order valence-electron chi connectivity index (χ4n) is 5.84. The van der Waals surface area contributed by atoms with Crippen molar-refractivity contribution in [2.75, 3.05) is 13.1 Å². The van der Waals surface area contributed by atoms with Crippen LogP contribution in [0, 0.1) is 11.6 Å². The monoisotopic (exact) mass is 744 g/mol. The van der Waals surface area contributed by atoms with Gasteiger partial charge in [0, 0.05) is 63.8 Å². The van der Waals surface area contributed by atoms with E-state index < -0.39 is 31.7 Å². The molecule has 0 fully saturated rings. The molecule has 0 aliphatic rings. The van der Waals surface area contributed by atoms with Crippen molar-refractivity contribution >= 4 is 25.8 Å². The molecule has 0 radical (unpaired) electrons. The van der Waals surface area contributed by atoms with Crippen molar-refractivity contribution < 1.29 is 30.4 Å². The number of aromatic nitrogens is 4. The van der Waals surface area contributed by atoms with Gasteiger partial charge >= 0.3 is 0 Å². The number of nitrogens with zero attached hydrogens (tertiary/aromatic N) is 4. The minimum Gasteiger partial charge on any atom is -0.346 e. The first-order chi connectivity index (χ1) is 24.9. The standard InChI is InChI=1S/C37H34F2N6O5S2/c1-44-27(19-23-42-51(47,48)29-13-7-25(38)8-14-29)11-17-33(44)35-31(5-3-21-40-35)37(46)32-6-4-22-41-36(32)34-18-12-28(45(34)2)20-24-43-52(49,50)30-15-9-26(39)10-16-30/h3-18,21-22,42-43H,19-20,23-24H2,1-2H3. The predicted molar refractivity (Wildman–Crippen MR) is 191 cm³/mol. The highest BCUT2D eigenvalue weighted by Gasteiger charge is 2.24. The van der Waals surface area contributed by atoms with Gasteiger partial charge in [-0.1, -0.05) is 0 Å². The molecule has 6 rings (SSSR count). The predicted octanol–water partition coefficient (Wildman–Crippen LogP) is 5.04. The largest absolute Gasteiger partial charge is 0.346 e. The Balaban J connectivity index is 1.19. The smallest absolute Gasteiger partial charge is 0.240 e. The SMILES string of the molecule is Cn1c(CCNS(=O)(=O)c2ccc(F)cc2)ccc1-c1ncccc1C(=O)c1cccnc1-c1ccc(CCNS(=O)(=O)c2ccc(F)cc2)n1C. The fourth-order valence-corrected chi connectivity index (χ4v) is 7.90. The summed E-state index contributed by atoms with van der Waals surface area (Å²) in [5.41, 5.74) is 4.42. The number of pyridine rings is 2. The molecular weight excluding hydrogens is 711 g/mol. The molecule has 2 aromatic carbocycles. The molecule has 4 heterocycles. The van der Waals surface area contributed by atoms with Gasteiger partial charge in [-0.25, -0.2) is 35.1 Å². The van der Waals surface area contributed by atoms with E-state index in [1.807, 2.05) is 47.5 Å². The number of nitrogens with one attached hydrogen (secondary N) is 2. The summed E-state index contributed by atoms with van der Waals surface area (Å²) >= 11 is 0. The van der Waals surface area contributed by atoms with Crippen molar-refractivity contribution in [2.45, 2.75) is 22.6 Å². The lowest BCUT2D eigenvalue weighted by atomic mass is 9.98. The van der Waals surface area contributed by atoms with E-state index in [1.54, 1.807) is 36.7 Å². The zero-order chi connectivity index (χ0) is 37.0. The maximum absolute atomic E-state index is 14.2. The van der Waals surface area contributed by atoms with Crippen LogP contribution in [0.4, 0.5) is 8.78 Å². The van der Waals surface area contributed by atoms with Crippen LogP contribution < -0.4 is 9.44 Å². The summed E-state index contributed by atoms with van der Waals surface area (Å²) in [7, 11) is -4.05. The molecule has 0 atom stereocenters. The second kappa shape index (κ2) is 15.1. The average Bonchev–Trinajstić information content (AvgIpc) is 3.69. The van der Waals surface area contributed by atoms with Gasteiger partial charge in [0.2, 0.25) is 20.0 Å². The van der Waals surface area contributed by atoms with E-state index in [0.29, 0.717) is 46.7 Å². The maximum atomic E-state index is 14.2. The number of sulfonamides is 2. The second-order valence-electron chi connectivity index (χ2n) is 11.9. The zero-order valence-electron chi connectivity index (χ0n) is 28.1. The first-order valence-electron chi connectivity index (χ1n) is 16.1. The van der Waals surface area contributed by atoms with Crippen LogP contribution in [-0.2, 0) is 47.0 Å². The van der Waals surface area contributed by atoms with E-state index in [4.69, 9.17) is 0 Å². The topological polar surface area (TPSA) is 145 Å². The first kappa shape index (κ1) is 36.4. The Morgan fingerprint density at radius 1 is 0.596 bits per heavy atom. The van der Waals surface area contributed by atoms with E-state index in [-0.39, 0.29) is 28.7 Å². The molecule has 0 aliphatic carbocycles. The van der Waals surface area contributed by atoms with Crippen molar-refractivity contribution in [3.8, 4) is 22.8 Å². The zero-order valence-corrected chi connectivity index (χ0v) is 29.8. The molecule has 0 saturated carbocycles. The molecule has 11 nitrogen and oxygen atoms in total. The van der Waals surface area contributed by atoms with Crippen molar-refractivity contribution in [2.24, 2.45) is 14.1 Å². The molecule has 4 aromatic heterocycles. The summed E-state index contributed by atoms with van der Waals surface area (Å²) < 4.78 is 86.0. The molecule has 268 valence electrons. The molecule has 15 heteroatoms. The molecule has 0 bridgehead atoms. The van der Waals surface area contributed by atoms with Crippen LogP contribution in [0.1, 0.15) is 27.3 Å². The van der Waals surface area contributed by atoms with Gasteiger partial charge in [-0.2, -0.15) is 0 Å². The van der Waals surface area contributed by atoms with Crippen molar-refractivity contribution in [3.05, 3.63) is 144 Å². The minimum atomic E-state index is -3.83. The molecule has 6 aromatic rings. The highest BCUT2D eigenvalue weighted by molar-refractivity contribution is 7.89. The molecule has 0 saturated heterocycles. The summed E-state index contributed by atoms with van der Waals surface area (Å²) in [6.45, 7) is 0.172. The Kier molecular flexibility index (Phi) is 10.6. The number of carbonyl (C=O) groups is 1. The number of rotatable bonds is 14. The van der Waals surface area contributed by atoms with Crippen molar-refractivity contribution in [3.63, 3.8) is 0 Å². The molecule has 0 unspecified atom stereocenters. The molecule has 2 N–H and O–H groups in total. The number of benzene rings is 2. The Bertz CT molecular complexity index is 2290. The van der Waals surface area contributed by atoms with Crippen LogP contribution >= 0.6 is 0 Å². The van der Waals surface area contributed by atoms with Gasteiger partial charge in [-0.3, -0.25) is 14.8 Å². The minimum absolute atomic E-state index is 0.0366. The van der Waals surface area contributed by atoms with Crippen molar-refractivity contribution in [1.29, 1.82) is 0 Å². The second-order valence-corrected chi connectivity index (χ2v) is 15.4. The number of hydrogen-bond acceptors (Lipinski definition) is 7. The summed E-state index contributed by atoms with van der Waals surface area (Å²) in [6.07, 6.45) is 3.85. The number of halogens is 2. The first-order valence-corrected chi connectivity index (χ1v) is 19.1. The summed E-state index contributed by atoms with van der Waals surface area (Å²) in [5, 5.41) is 0. The van der Waals surface area contributed by atoms with Gasteiger partial charge in [0.1, 0.15) is 11.6 Å². The highest BCUT2D eigenvalue weighted by atomic mass is 32.2. The van der Waals surface area contributed by atoms with Crippen LogP contribution in [0.2, 0.25) is 0 Å². The van der Waals surface area contributed by atoms with Gasteiger partial charge in [0.05, 0.1) is 43.7 Å². The van der Waals surface area contributed by atoms with E-state index in [2.05, 4.69) is 19.4 Å². The van der Waals surface area contributed by atoms with Crippen molar-refractivity contribution in [1.82, 2.24) is 28.5 Å². The lowest BCUT2D eigenvalue weighted by Gasteiger charge is -2.14. The highest BCUT2D eigenvalue weighted by Crippen LogP contribution is 2.30. The third-order valence-electron chi connectivity index (χ3n) is 8.64. The van der Waals surface area contributed by atoms with Crippen LogP contribution in [0.15, 0.2) is 119 Å². The lowest BCUT2D eigenvalue weighted by molar-refractivity contribution is 0.103. The van der Waals surface area contributed by atoms with E-state index in [0.717, 1.165) is 35.7 Å². The Labute approximate surface area is 300 Å². The van der Waals surface area contributed by atoms with Gasteiger partial charge in [0.15, 0.2) is 5.78 Å². The van der Waals surface area contributed by atoms with Gasteiger partial charge < -0.3 is 9.13 Å². The van der Waals surface area contributed by atoms with E-state index in [9.17, 15) is 30.4 Å². The Morgan fingerprint density at radius 2 is 0.981 bits per heavy atom. The normalized spacial score (nSPS) is 11.9. The number of carbonyl (C=O) groups excluding carboxylic acids is 1. The number of ketones is 1. The molecule has 0 spiro atoms. The van der Waals surface area contributed by atoms with Crippen LogP contribution in [0.5, 0.6) is 0 Å². The lowest BCUT2D eigenvalue weighted by Crippen LogP contribution is -2.26. The van der Waals surface area contributed by atoms with Gasteiger partial charge in [-0.05, 0) is 97.1 Å². The van der Waals surface area contributed by atoms with Gasteiger partial charge in [0.25, 0.3) is 0 Å². The molecule has 0 amide bonds. The van der Waals surface area contributed by atoms with Crippen LogP contribution in [0.3, 0.4) is 0 Å². The van der Waals surface area contributed by atoms with Gasteiger partial charge in [-0.15, -0.1) is 0 Å². The summed E-state index contributed by atoms with van der Waals surface area (Å²) in [6, 6.07) is 23.2. The van der Waals surface area contributed by atoms with Crippen LogP contribution in [-0.4, -0.2) is 54.8 Å². The fraction of sp³-hybridized carbons (Fsp3) is 0.162. The van der Waals surface area contributed by atoms with Crippen LogP contribution in [0.25, 0.3) is 22.8 Å². The molecule has 52 heavy (non-hydrogen) atoms. The number of hydrogen-bond donors (Lipinski definition) is 2. The Hall–Kier alpha value is -5.35. The Morgan fingerprint density at radius 3 is 1.37 bits per heavy atom. The quantitative estimate of drug-likeness (QED) is 0.149. The third kappa shape index (κ3) is 7.77. The van der Waals surface area contributed by atoms with E-state index >= 15 is 0 Å². The average molecular weight is 745 g/mol. The molecule has 0 aliphatic heterocycles. The summed E-state index contributed by atoms with van der Waals surface area (Å²) in [4.78, 5) is 23.3. The summed E-state index contributed by atoms with van der Waals surface area (Å²) in [5.74, 6) is -1.37.